The lowest BCUT2D eigenvalue weighted by Crippen LogP contribution is -2.27. The summed E-state index contributed by atoms with van der Waals surface area (Å²) in [6.45, 7) is 6.01. The molecule has 1 aliphatic rings. The van der Waals surface area contributed by atoms with Gasteiger partial charge in [-0.25, -0.2) is 9.78 Å². The van der Waals surface area contributed by atoms with Crippen LogP contribution in [0.15, 0.2) is 18.3 Å². The highest BCUT2D eigenvalue weighted by Gasteiger charge is 2.24. The van der Waals surface area contributed by atoms with E-state index in [2.05, 4.69) is 10.3 Å². The van der Waals surface area contributed by atoms with E-state index in [0.717, 1.165) is 12.8 Å². The maximum Gasteiger partial charge on any atom is 0.340 e. The van der Waals surface area contributed by atoms with Crippen LogP contribution in [0.1, 0.15) is 44.0 Å². The van der Waals surface area contributed by atoms with Crippen molar-refractivity contribution in [2.45, 2.75) is 45.3 Å². The monoisotopic (exact) mass is 292 g/mol. The zero-order valence-electron chi connectivity index (χ0n) is 12.5. The van der Waals surface area contributed by atoms with Crippen molar-refractivity contribution in [3.8, 4) is 0 Å². The Hall–Kier alpha value is -1.95. The lowest BCUT2D eigenvalue weighted by molar-refractivity contribution is -0.124. The molecule has 1 N–H and O–H groups in total. The number of pyridine rings is 1. The zero-order valence-corrected chi connectivity index (χ0v) is 12.5. The molecular formula is C15H20N2O4. The van der Waals surface area contributed by atoms with Gasteiger partial charge in [-0.15, -0.1) is 0 Å². The van der Waals surface area contributed by atoms with Gasteiger partial charge in [-0.3, -0.25) is 4.79 Å². The number of esters is 1. The van der Waals surface area contributed by atoms with Gasteiger partial charge in [0.2, 0.25) is 0 Å². The number of nitrogens with one attached hydrogen (secondary N) is 1. The minimum Gasteiger partial charge on any atom is -0.456 e. The maximum absolute atomic E-state index is 11.9. The zero-order chi connectivity index (χ0) is 15.5. The molecule has 114 valence electrons. The molecule has 1 atom stereocenters. The predicted octanol–water partition coefficient (Wildman–Crippen LogP) is 2.15. The van der Waals surface area contributed by atoms with Crippen LogP contribution in [0.3, 0.4) is 0 Å². The highest BCUT2D eigenvalue weighted by atomic mass is 16.6. The van der Waals surface area contributed by atoms with Crippen molar-refractivity contribution in [1.82, 2.24) is 4.98 Å². The third-order valence-corrected chi connectivity index (χ3v) is 2.87. The van der Waals surface area contributed by atoms with Crippen LogP contribution in [-0.2, 0) is 14.3 Å². The van der Waals surface area contributed by atoms with Gasteiger partial charge in [0.25, 0.3) is 5.91 Å². The molecule has 1 aromatic rings. The normalized spacial score (nSPS) is 18.3. The van der Waals surface area contributed by atoms with Crippen LogP contribution < -0.4 is 5.32 Å². The van der Waals surface area contributed by atoms with Gasteiger partial charge in [-0.2, -0.15) is 0 Å². The number of nitrogens with zero attached hydrogens (tertiary/aromatic N) is 1. The summed E-state index contributed by atoms with van der Waals surface area (Å²) in [5, 5.41) is 2.67. The highest BCUT2D eigenvalue weighted by molar-refractivity contribution is 5.94. The average Bonchev–Trinajstić information content (AvgIpc) is 2.91. The van der Waals surface area contributed by atoms with Gasteiger partial charge >= 0.3 is 5.97 Å². The van der Waals surface area contributed by atoms with Gasteiger partial charge in [0.15, 0.2) is 0 Å². The molecule has 0 spiro atoms. The molecule has 0 aromatic carbocycles. The van der Waals surface area contributed by atoms with E-state index in [1.807, 2.05) is 0 Å². The van der Waals surface area contributed by atoms with Gasteiger partial charge in [-0.1, -0.05) is 0 Å². The minimum atomic E-state index is -0.552. The SMILES string of the molecule is CC(C)(C)OC(=O)c1ccc(NC(=O)[C@H]2CCCO2)nc1. The van der Waals surface area contributed by atoms with Crippen LogP contribution in [0.5, 0.6) is 0 Å². The van der Waals surface area contributed by atoms with E-state index in [1.54, 1.807) is 32.9 Å². The molecule has 1 fully saturated rings. The minimum absolute atomic E-state index is 0.204. The van der Waals surface area contributed by atoms with E-state index < -0.39 is 17.7 Å². The summed E-state index contributed by atoms with van der Waals surface area (Å²) in [4.78, 5) is 27.7. The molecule has 1 amide bonds. The molecule has 2 rings (SSSR count). The summed E-state index contributed by atoms with van der Waals surface area (Å²) in [6, 6.07) is 3.15. The van der Waals surface area contributed by atoms with Crippen LogP contribution in [0.4, 0.5) is 5.82 Å². The largest absolute Gasteiger partial charge is 0.456 e. The Morgan fingerprint density at radius 3 is 2.67 bits per heavy atom. The highest BCUT2D eigenvalue weighted by Crippen LogP contribution is 2.15. The van der Waals surface area contributed by atoms with Crippen LogP contribution in [0.2, 0.25) is 0 Å². The van der Waals surface area contributed by atoms with Gasteiger partial charge < -0.3 is 14.8 Å². The number of anilines is 1. The number of carbonyl (C=O) groups is 2. The van der Waals surface area contributed by atoms with E-state index in [9.17, 15) is 9.59 Å². The first-order valence-corrected chi connectivity index (χ1v) is 6.97. The van der Waals surface area contributed by atoms with Crippen molar-refractivity contribution < 1.29 is 19.1 Å². The number of aromatic nitrogens is 1. The van der Waals surface area contributed by atoms with Gasteiger partial charge in [0, 0.05) is 12.8 Å². The third kappa shape index (κ3) is 4.53. The van der Waals surface area contributed by atoms with Gasteiger partial charge in [0.05, 0.1) is 5.56 Å². The Morgan fingerprint density at radius 1 is 1.38 bits per heavy atom. The number of hydrogen-bond donors (Lipinski definition) is 1. The van der Waals surface area contributed by atoms with Crippen LogP contribution in [0.25, 0.3) is 0 Å². The van der Waals surface area contributed by atoms with E-state index in [-0.39, 0.29) is 5.91 Å². The fourth-order valence-corrected chi connectivity index (χ4v) is 1.92. The van der Waals surface area contributed by atoms with Crippen molar-refractivity contribution >= 4 is 17.7 Å². The number of hydrogen-bond acceptors (Lipinski definition) is 5. The van der Waals surface area contributed by atoms with Gasteiger partial charge in [0.1, 0.15) is 17.5 Å². The Balaban J connectivity index is 1.95. The second kappa shape index (κ2) is 6.22. The Bertz CT molecular complexity index is 513. The van der Waals surface area contributed by atoms with Crippen molar-refractivity contribution in [2.24, 2.45) is 0 Å². The number of amides is 1. The van der Waals surface area contributed by atoms with Crippen molar-refractivity contribution in [3.05, 3.63) is 23.9 Å². The third-order valence-electron chi connectivity index (χ3n) is 2.87. The Kier molecular flexibility index (Phi) is 4.57. The first-order valence-electron chi connectivity index (χ1n) is 6.97. The molecule has 0 radical (unpaired) electrons. The molecule has 0 bridgehead atoms. The van der Waals surface area contributed by atoms with Crippen molar-refractivity contribution in [3.63, 3.8) is 0 Å². The van der Waals surface area contributed by atoms with Crippen LogP contribution in [0, 0.1) is 0 Å². The molecule has 2 heterocycles. The van der Waals surface area contributed by atoms with Gasteiger partial charge in [-0.05, 0) is 45.7 Å². The fraction of sp³-hybridized carbons (Fsp3) is 0.533. The second-order valence-corrected chi connectivity index (χ2v) is 5.92. The topological polar surface area (TPSA) is 77.5 Å². The standard InChI is InChI=1S/C15H20N2O4/c1-15(2,3)21-14(19)10-6-7-12(16-9-10)17-13(18)11-5-4-8-20-11/h6-7,9,11H,4-5,8H2,1-3H3,(H,16,17,18)/t11-/m1/s1. The molecular weight excluding hydrogens is 272 g/mol. The van der Waals surface area contributed by atoms with E-state index in [0.29, 0.717) is 18.0 Å². The van der Waals surface area contributed by atoms with Crippen molar-refractivity contribution in [2.75, 3.05) is 11.9 Å². The van der Waals surface area contributed by atoms with E-state index in [4.69, 9.17) is 9.47 Å². The molecule has 1 aliphatic heterocycles. The first kappa shape index (κ1) is 15.4. The summed E-state index contributed by atoms with van der Waals surface area (Å²) in [6.07, 6.45) is 2.60. The molecule has 0 saturated carbocycles. The molecule has 1 saturated heterocycles. The first-order chi connectivity index (χ1) is 9.85. The summed E-state index contributed by atoms with van der Waals surface area (Å²) in [5.41, 5.74) is -0.205. The molecule has 0 unspecified atom stereocenters. The summed E-state index contributed by atoms with van der Waals surface area (Å²) in [5.74, 6) is -0.250. The smallest absolute Gasteiger partial charge is 0.340 e. The Morgan fingerprint density at radius 2 is 2.14 bits per heavy atom. The summed E-state index contributed by atoms with van der Waals surface area (Å²) < 4.78 is 10.5. The summed E-state index contributed by atoms with van der Waals surface area (Å²) in [7, 11) is 0. The van der Waals surface area contributed by atoms with Crippen molar-refractivity contribution in [1.29, 1.82) is 0 Å². The Labute approximate surface area is 123 Å². The lowest BCUT2D eigenvalue weighted by atomic mass is 10.2. The molecule has 1 aromatic heterocycles. The molecule has 6 heteroatoms. The maximum atomic E-state index is 11.9. The molecule has 0 aliphatic carbocycles. The quantitative estimate of drug-likeness (QED) is 0.864. The number of ether oxygens (including phenoxy) is 2. The second-order valence-electron chi connectivity index (χ2n) is 5.92. The van der Waals surface area contributed by atoms with Crippen LogP contribution >= 0.6 is 0 Å². The lowest BCUT2D eigenvalue weighted by Gasteiger charge is -2.19. The predicted molar refractivity (Wildman–Crippen MR) is 77.0 cm³/mol. The average molecular weight is 292 g/mol. The molecule has 6 nitrogen and oxygen atoms in total. The molecule has 21 heavy (non-hydrogen) atoms. The number of carbonyl (C=O) groups excluding carboxylic acids is 2. The number of rotatable bonds is 3. The van der Waals surface area contributed by atoms with E-state index in [1.165, 1.54) is 6.20 Å². The van der Waals surface area contributed by atoms with Crippen LogP contribution in [-0.4, -0.2) is 35.2 Å². The summed E-state index contributed by atoms with van der Waals surface area (Å²) >= 11 is 0. The fourth-order valence-electron chi connectivity index (χ4n) is 1.92. The van der Waals surface area contributed by atoms with E-state index >= 15 is 0 Å².